The third kappa shape index (κ3) is 3.03. The number of rotatable bonds is 2. The average molecular weight is 257 g/mol. The summed E-state index contributed by atoms with van der Waals surface area (Å²) in [6.07, 6.45) is 0. The zero-order valence-electron chi connectivity index (χ0n) is 8.25. The van der Waals surface area contributed by atoms with E-state index < -0.39 is 0 Å². The SMILES string of the molecule is CN(C)C(=O)NCc1ccccc1Br. The van der Waals surface area contributed by atoms with Crippen LogP contribution in [0.4, 0.5) is 4.79 Å². The molecule has 0 bridgehead atoms. The molecular weight excluding hydrogens is 244 g/mol. The number of halogens is 1. The zero-order valence-corrected chi connectivity index (χ0v) is 9.84. The van der Waals surface area contributed by atoms with E-state index >= 15 is 0 Å². The monoisotopic (exact) mass is 256 g/mol. The number of benzene rings is 1. The maximum Gasteiger partial charge on any atom is 0.317 e. The fourth-order valence-corrected chi connectivity index (χ4v) is 1.40. The minimum Gasteiger partial charge on any atom is -0.334 e. The molecule has 0 aliphatic rings. The number of hydrogen-bond acceptors (Lipinski definition) is 1. The smallest absolute Gasteiger partial charge is 0.317 e. The maximum atomic E-state index is 11.2. The first-order valence-corrected chi connectivity index (χ1v) is 5.09. The Morgan fingerprint density at radius 1 is 1.43 bits per heavy atom. The highest BCUT2D eigenvalue weighted by Gasteiger charge is 2.03. The highest BCUT2D eigenvalue weighted by molar-refractivity contribution is 9.10. The van der Waals surface area contributed by atoms with Crippen LogP contribution >= 0.6 is 15.9 Å². The first-order chi connectivity index (χ1) is 6.61. The predicted molar refractivity (Wildman–Crippen MR) is 60.1 cm³/mol. The van der Waals surface area contributed by atoms with Crippen LogP contribution in [0, 0.1) is 0 Å². The number of urea groups is 1. The first-order valence-electron chi connectivity index (χ1n) is 4.30. The van der Waals surface area contributed by atoms with Gasteiger partial charge in [0.15, 0.2) is 0 Å². The summed E-state index contributed by atoms with van der Waals surface area (Å²) in [5, 5.41) is 2.80. The van der Waals surface area contributed by atoms with Gasteiger partial charge in [-0.15, -0.1) is 0 Å². The molecule has 1 aromatic carbocycles. The Morgan fingerprint density at radius 2 is 2.07 bits per heavy atom. The molecule has 1 rings (SSSR count). The molecular formula is C10H13BrN2O. The molecule has 0 saturated heterocycles. The topological polar surface area (TPSA) is 32.3 Å². The van der Waals surface area contributed by atoms with E-state index in [0.29, 0.717) is 6.54 Å². The van der Waals surface area contributed by atoms with Crippen molar-refractivity contribution in [3.8, 4) is 0 Å². The van der Waals surface area contributed by atoms with Gasteiger partial charge in [-0.1, -0.05) is 34.1 Å². The molecule has 0 aliphatic heterocycles. The zero-order chi connectivity index (χ0) is 10.6. The number of nitrogens with zero attached hydrogens (tertiary/aromatic N) is 1. The van der Waals surface area contributed by atoms with Gasteiger partial charge < -0.3 is 10.2 Å². The van der Waals surface area contributed by atoms with Crippen molar-refractivity contribution in [3.05, 3.63) is 34.3 Å². The fourth-order valence-electron chi connectivity index (χ4n) is 0.971. The Kier molecular flexibility index (Phi) is 3.95. The van der Waals surface area contributed by atoms with E-state index in [2.05, 4.69) is 21.2 Å². The minimum atomic E-state index is -0.0826. The van der Waals surface area contributed by atoms with Gasteiger partial charge in [0, 0.05) is 25.1 Å². The number of hydrogen-bond donors (Lipinski definition) is 1. The lowest BCUT2D eigenvalue weighted by Crippen LogP contribution is -2.33. The van der Waals surface area contributed by atoms with Crippen LogP contribution in [0.1, 0.15) is 5.56 Å². The Bertz CT molecular complexity index is 326. The molecule has 4 heteroatoms. The highest BCUT2D eigenvalue weighted by Crippen LogP contribution is 2.15. The Hall–Kier alpha value is -1.03. The molecule has 1 aromatic rings. The lowest BCUT2D eigenvalue weighted by atomic mass is 10.2. The lowest BCUT2D eigenvalue weighted by molar-refractivity contribution is 0.217. The van der Waals surface area contributed by atoms with Crippen molar-refractivity contribution in [1.29, 1.82) is 0 Å². The van der Waals surface area contributed by atoms with Crippen LogP contribution in [0.15, 0.2) is 28.7 Å². The molecule has 1 N–H and O–H groups in total. The molecule has 0 aromatic heterocycles. The molecule has 0 heterocycles. The second-order valence-electron chi connectivity index (χ2n) is 3.14. The number of amides is 2. The predicted octanol–water partition coefficient (Wildman–Crippen LogP) is 2.22. The summed E-state index contributed by atoms with van der Waals surface area (Å²) in [6.45, 7) is 0.540. The van der Waals surface area contributed by atoms with Gasteiger partial charge in [0.25, 0.3) is 0 Å². The van der Waals surface area contributed by atoms with Crippen molar-refractivity contribution < 1.29 is 4.79 Å². The highest BCUT2D eigenvalue weighted by atomic mass is 79.9. The molecule has 76 valence electrons. The van der Waals surface area contributed by atoms with Crippen LogP contribution < -0.4 is 5.32 Å². The summed E-state index contributed by atoms with van der Waals surface area (Å²) in [7, 11) is 3.44. The Morgan fingerprint density at radius 3 is 2.64 bits per heavy atom. The second kappa shape index (κ2) is 5.00. The summed E-state index contributed by atoms with van der Waals surface area (Å²) in [5.41, 5.74) is 1.07. The number of carbonyl (C=O) groups excluding carboxylic acids is 1. The van der Waals surface area contributed by atoms with E-state index in [9.17, 15) is 4.79 Å². The lowest BCUT2D eigenvalue weighted by Gasteiger charge is -2.12. The molecule has 0 aliphatic carbocycles. The Balaban J connectivity index is 2.54. The van der Waals surface area contributed by atoms with Crippen LogP contribution in [0.2, 0.25) is 0 Å². The van der Waals surface area contributed by atoms with Crippen molar-refractivity contribution in [2.45, 2.75) is 6.54 Å². The fraction of sp³-hybridized carbons (Fsp3) is 0.300. The van der Waals surface area contributed by atoms with Crippen LogP contribution in [0.25, 0.3) is 0 Å². The van der Waals surface area contributed by atoms with Gasteiger partial charge in [0.2, 0.25) is 0 Å². The van der Waals surface area contributed by atoms with Crippen molar-refractivity contribution in [2.75, 3.05) is 14.1 Å². The largest absolute Gasteiger partial charge is 0.334 e. The van der Waals surface area contributed by atoms with Gasteiger partial charge in [-0.2, -0.15) is 0 Å². The summed E-state index contributed by atoms with van der Waals surface area (Å²) in [4.78, 5) is 12.7. The van der Waals surface area contributed by atoms with Crippen LogP contribution in [0.5, 0.6) is 0 Å². The van der Waals surface area contributed by atoms with Gasteiger partial charge in [-0.3, -0.25) is 0 Å². The van der Waals surface area contributed by atoms with Gasteiger partial charge in [-0.05, 0) is 11.6 Å². The quantitative estimate of drug-likeness (QED) is 0.865. The molecule has 0 saturated carbocycles. The number of nitrogens with one attached hydrogen (secondary N) is 1. The molecule has 14 heavy (non-hydrogen) atoms. The van der Waals surface area contributed by atoms with Gasteiger partial charge in [-0.25, -0.2) is 4.79 Å². The molecule has 0 atom stereocenters. The van der Waals surface area contributed by atoms with Crippen molar-refractivity contribution >= 4 is 22.0 Å². The van der Waals surface area contributed by atoms with Crippen LogP contribution in [-0.4, -0.2) is 25.0 Å². The van der Waals surface area contributed by atoms with E-state index in [1.165, 1.54) is 4.90 Å². The van der Waals surface area contributed by atoms with E-state index in [-0.39, 0.29) is 6.03 Å². The molecule has 0 spiro atoms. The van der Waals surface area contributed by atoms with Gasteiger partial charge in [0.1, 0.15) is 0 Å². The minimum absolute atomic E-state index is 0.0826. The second-order valence-corrected chi connectivity index (χ2v) is 4.00. The summed E-state index contributed by atoms with van der Waals surface area (Å²) in [5.74, 6) is 0. The van der Waals surface area contributed by atoms with Crippen molar-refractivity contribution in [1.82, 2.24) is 10.2 Å². The van der Waals surface area contributed by atoms with Crippen molar-refractivity contribution in [2.24, 2.45) is 0 Å². The van der Waals surface area contributed by atoms with E-state index in [4.69, 9.17) is 0 Å². The first kappa shape index (κ1) is 11.0. The standard InChI is InChI=1S/C10H13BrN2O/c1-13(2)10(14)12-7-8-5-3-4-6-9(8)11/h3-6H,7H2,1-2H3,(H,12,14). The molecule has 0 unspecified atom stereocenters. The maximum absolute atomic E-state index is 11.2. The third-order valence-corrected chi connectivity index (χ3v) is 2.57. The molecule has 0 fully saturated rings. The normalized spacial score (nSPS) is 9.64. The van der Waals surface area contributed by atoms with E-state index in [1.54, 1.807) is 14.1 Å². The summed E-state index contributed by atoms with van der Waals surface area (Å²) >= 11 is 3.42. The number of carbonyl (C=O) groups is 1. The molecule has 2 amide bonds. The summed E-state index contributed by atoms with van der Waals surface area (Å²) < 4.78 is 1.01. The summed E-state index contributed by atoms with van der Waals surface area (Å²) in [6, 6.07) is 7.74. The Labute approximate surface area is 92.2 Å². The molecule has 3 nitrogen and oxygen atoms in total. The average Bonchev–Trinajstić information content (AvgIpc) is 2.16. The van der Waals surface area contributed by atoms with Gasteiger partial charge in [0.05, 0.1) is 0 Å². The van der Waals surface area contributed by atoms with Crippen molar-refractivity contribution in [3.63, 3.8) is 0 Å². The third-order valence-electron chi connectivity index (χ3n) is 1.79. The van der Waals surface area contributed by atoms with Crippen LogP contribution in [0.3, 0.4) is 0 Å². The van der Waals surface area contributed by atoms with E-state index in [1.807, 2.05) is 24.3 Å². The van der Waals surface area contributed by atoms with E-state index in [0.717, 1.165) is 10.0 Å². The van der Waals surface area contributed by atoms with Gasteiger partial charge >= 0.3 is 6.03 Å². The van der Waals surface area contributed by atoms with Crippen LogP contribution in [-0.2, 0) is 6.54 Å². The molecule has 0 radical (unpaired) electrons.